The molecule has 2 aromatic heterocycles. The molecule has 0 spiro atoms. The van der Waals surface area contributed by atoms with E-state index in [4.69, 9.17) is 0 Å². The molecule has 4 heteroatoms. The molecule has 0 saturated heterocycles. The normalized spacial score (nSPS) is 11.3. The lowest BCUT2D eigenvalue weighted by molar-refractivity contribution is 1.44. The molecule has 2 heterocycles. The quantitative estimate of drug-likeness (QED) is 0.213. The van der Waals surface area contributed by atoms with E-state index >= 15 is 0 Å². The summed E-state index contributed by atoms with van der Waals surface area (Å²) in [6, 6.07) is 46.9. The maximum absolute atomic E-state index is 10.0. The van der Waals surface area contributed by atoms with Gasteiger partial charge in [-0.15, -0.1) is 22.7 Å². The summed E-state index contributed by atoms with van der Waals surface area (Å²) in [7, 11) is 0. The highest BCUT2D eigenvalue weighted by Gasteiger charge is 2.14. The number of hydrogen-bond donors (Lipinski definition) is 0. The van der Waals surface area contributed by atoms with E-state index in [1.807, 2.05) is 28.7 Å². The monoisotopic (exact) mass is 568 g/mol. The van der Waals surface area contributed by atoms with Crippen molar-refractivity contribution in [3.63, 3.8) is 0 Å². The van der Waals surface area contributed by atoms with Crippen molar-refractivity contribution in [2.24, 2.45) is 0 Å². The molecule has 2 nitrogen and oxygen atoms in total. The highest BCUT2D eigenvalue weighted by Crippen LogP contribution is 2.41. The van der Waals surface area contributed by atoms with E-state index in [2.05, 4.69) is 115 Å². The summed E-state index contributed by atoms with van der Waals surface area (Å²) in [6.07, 6.45) is 0. The van der Waals surface area contributed by atoms with Crippen LogP contribution in [0.1, 0.15) is 11.1 Å². The Bertz CT molecular complexity index is 2310. The van der Waals surface area contributed by atoms with Crippen molar-refractivity contribution < 1.29 is 0 Å². The van der Waals surface area contributed by atoms with Gasteiger partial charge in [0.1, 0.15) is 0 Å². The van der Waals surface area contributed by atoms with E-state index in [-0.39, 0.29) is 0 Å². The maximum atomic E-state index is 10.0. The van der Waals surface area contributed by atoms with Crippen molar-refractivity contribution in [2.45, 2.75) is 0 Å². The Balaban J connectivity index is 1.37. The Morgan fingerprint density at radius 3 is 1.48 bits per heavy atom. The SMILES string of the molecule is N#Cc1ccc(-c2cc(-c3ccc4sc5ccccc5c4c3)cc(-c3ccc4sc5ccccc5c4c3)c2)c(C#N)c1. The smallest absolute Gasteiger partial charge is 0.0998 e. The fraction of sp³-hybridized carbons (Fsp3) is 0. The molecule has 0 unspecified atom stereocenters. The molecule has 0 aliphatic rings. The van der Waals surface area contributed by atoms with Crippen molar-refractivity contribution in [1.29, 1.82) is 10.5 Å². The van der Waals surface area contributed by atoms with Gasteiger partial charge in [-0.05, 0) is 100 Å². The fourth-order valence-electron chi connectivity index (χ4n) is 5.89. The van der Waals surface area contributed by atoms with Gasteiger partial charge in [0, 0.05) is 40.3 Å². The Kier molecular flexibility index (Phi) is 5.66. The lowest BCUT2D eigenvalue weighted by Crippen LogP contribution is -1.90. The van der Waals surface area contributed by atoms with E-state index in [0.29, 0.717) is 11.1 Å². The lowest BCUT2D eigenvalue weighted by Gasteiger charge is -2.13. The van der Waals surface area contributed by atoms with Crippen LogP contribution >= 0.6 is 22.7 Å². The predicted octanol–water partition coefficient (Wildman–Crippen LogP) is 11.2. The van der Waals surface area contributed by atoms with Crippen molar-refractivity contribution in [3.8, 4) is 45.5 Å². The molecule has 0 amide bonds. The second-order valence-electron chi connectivity index (χ2n) is 10.4. The minimum Gasteiger partial charge on any atom is -0.192 e. The van der Waals surface area contributed by atoms with Crippen LogP contribution in [-0.4, -0.2) is 0 Å². The maximum Gasteiger partial charge on any atom is 0.0998 e. The molecule has 0 aliphatic heterocycles. The number of nitrogens with zero attached hydrogens (tertiary/aromatic N) is 2. The molecule has 0 bridgehead atoms. The van der Waals surface area contributed by atoms with Gasteiger partial charge in [-0.1, -0.05) is 54.6 Å². The number of nitriles is 2. The first kappa shape index (κ1) is 24.5. The number of thiophene rings is 2. The number of fused-ring (bicyclic) bond motifs is 6. The van der Waals surface area contributed by atoms with Gasteiger partial charge in [0.15, 0.2) is 0 Å². The van der Waals surface area contributed by atoms with E-state index in [0.717, 1.165) is 33.4 Å². The van der Waals surface area contributed by atoms with Gasteiger partial charge >= 0.3 is 0 Å². The second kappa shape index (κ2) is 9.68. The van der Waals surface area contributed by atoms with Gasteiger partial charge in [0.05, 0.1) is 23.3 Å². The van der Waals surface area contributed by atoms with Gasteiger partial charge in [0.2, 0.25) is 0 Å². The summed E-state index contributed by atoms with van der Waals surface area (Å²) in [5, 5.41) is 24.5. The Morgan fingerprint density at radius 1 is 0.405 bits per heavy atom. The van der Waals surface area contributed by atoms with Crippen LogP contribution in [0, 0.1) is 22.7 Å². The number of rotatable bonds is 3. The minimum absolute atomic E-state index is 0.483. The molecule has 0 fully saturated rings. The molecular formula is C38H20N2S2. The Morgan fingerprint density at radius 2 is 0.929 bits per heavy atom. The van der Waals surface area contributed by atoms with Crippen LogP contribution in [0.3, 0.4) is 0 Å². The highest BCUT2D eigenvalue weighted by atomic mass is 32.1. The molecule has 0 aliphatic carbocycles. The van der Waals surface area contributed by atoms with Crippen LogP contribution in [0.15, 0.2) is 121 Å². The number of hydrogen-bond acceptors (Lipinski definition) is 4. The standard InChI is InChI=1S/C38H20N2S2/c39-21-23-9-12-30(29(15-23)22-40)28-17-26(24-10-13-37-33(19-24)31-5-1-3-7-35(31)41-37)16-27(18-28)25-11-14-38-34(20-25)32-6-2-4-8-36(32)42-38/h1-20H. The first-order valence-corrected chi connectivity index (χ1v) is 15.2. The molecule has 6 aromatic carbocycles. The molecule has 0 radical (unpaired) electrons. The molecule has 0 saturated carbocycles. The number of benzene rings is 6. The summed E-state index contributed by atoms with van der Waals surface area (Å²) >= 11 is 3.63. The first-order chi connectivity index (χ1) is 20.7. The summed E-state index contributed by atoms with van der Waals surface area (Å²) in [5.74, 6) is 0. The van der Waals surface area contributed by atoms with Crippen LogP contribution in [0.2, 0.25) is 0 Å². The van der Waals surface area contributed by atoms with Gasteiger partial charge < -0.3 is 0 Å². The average Bonchev–Trinajstić information content (AvgIpc) is 3.61. The van der Waals surface area contributed by atoms with Gasteiger partial charge in [-0.3, -0.25) is 0 Å². The van der Waals surface area contributed by atoms with E-state index in [1.54, 1.807) is 12.1 Å². The van der Waals surface area contributed by atoms with Crippen LogP contribution in [0.4, 0.5) is 0 Å². The molecule has 8 aromatic rings. The van der Waals surface area contributed by atoms with Crippen molar-refractivity contribution in [3.05, 3.63) is 132 Å². The summed E-state index contributed by atoms with van der Waals surface area (Å²) in [4.78, 5) is 0. The summed E-state index contributed by atoms with van der Waals surface area (Å²) < 4.78 is 5.10. The molecule has 194 valence electrons. The Labute approximate surface area is 250 Å². The average molecular weight is 569 g/mol. The van der Waals surface area contributed by atoms with Crippen molar-refractivity contribution in [1.82, 2.24) is 0 Å². The molecule has 0 N–H and O–H groups in total. The van der Waals surface area contributed by atoms with Crippen LogP contribution < -0.4 is 0 Å². The van der Waals surface area contributed by atoms with Crippen LogP contribution in [-0.2, 0) is 0 Å². The molecule has 8 rings (SSSR count). The van der Waals surface area contributed by atoms with Gasteiger partial charge in [-0.25, -0.2) is 0 Å². The third-order valence-corrected chi connectivity index (χ3v) is 10.2. The fourth-order valence-corrected chi connectivity index (χ4v) is 8.06. The van der Waals surface area contributed by atoms with E-state index in [9.17, 15) is 10.5 Å². The van der Waals surface area contributed by atoms with Crippen molar-refractivity contribution in [2.75, 3.05) is 0 Å². The zero-order valence-corrected chi connectivity index (χ0v) is 23.9. The lowest BCUT2D eigenvalue weighted by atomic mass is 9.90. The van der Waals surface area contributed by atoms with E-state index < -0.39 is 0 Å². The third kappa shape index (κ3) is 3.98. The topological polar surface area (TPSA) is 47.6 Å². The largest absolute Gasteiger partial charge is 0.192 e. The molecule has 42 heavy (non-hydrogen) atoms. The zero-order chi connectivity index (χ0) is 28.2. The summed E-state index contributed by atoms with van der Waals surface area (Å²) in [6.45, 7) is 0. The Hall–Kier alpha value is -5.26. The molecule has 0 atom stereocenters. The van der Waals surface area contributed by atoms with Gasteiger partial charge in [-0.2, -0.15) is 10.5 Å². The van der Waals surface area contributed by atoms with Crippen LogP contribution in [0.5, 0.6) is 0 Å². The molecular weight excluding hydrogens is 549 g/mol. The van der Waals surface area contributed by atoms with Crippen molar-refractivity contribution >= 4 is 63.0 Å². The first-order valence-electron chi connectivity index (χ1n) is 13.6. The zero-order valence-electron chi connectivity index (χ0n) is 22.3. The summed E-state index contributed by atoms with van der Waals surface area (Å²) in [5.41, 5.74) is 7.18. The third-order valence-electron chi connectivity index (χ3n) is 7.93. The second-order valence-corrected chi connectivity index (χ2v) is 12.6. The van der Waals surface area contributed by atoms with Crippen LogP contribution in [0.25, 0.3) is 73.7 Å². The minimum atomic E-state index is 0.483. The van der Waals surface area contributed by atoms with Gasteiger partial charge in [0.25, 0.3) is 0 Å². The van der Waals surface area contributed by atoms with E-state index in [1.165, 1.54) is 40.3 Å². The predicted molar refractivity (Wildman–Crippen MR) is 178 cm³/mol. The highest BCUT2D eigenvalue weighted by molar-refractivity contribution is 7.26.